The number of carbonyl (C=O) groups is 2. The van der Waals surface area contributed by atoms with Gasteiger partial charge in [-0.25, -0.2) is 4.79 Å². The summed E-state index contributed by atoms with van der Waals surface area (Å²) in [6, 6.07) is 14.1. The number of ether oxygens (including phenoxy) is 1. The second kappa shape index (κ2) is 8.55. The first kappa shape index (κ1) is 18.7. The third kappa shape index (κ3) is 4.77. The van der Waals surface area contributed by atoms with Gasteiger partial charge in [0.05, 0.1) is 11.6 Å². The van der Waals surface area contributed by atoms with Gasteiger partial charge in [-0.1, -0.05) is 0 Å². The van der Waals surface area contributed by atoms with Crippen LogP contribution in [0.1, 0.15) is 10.4 Å². The first-order valence-corrected chi connectivity index (χ1v) is 8.81. The Hall–Kier alpha value is -3.06. The molecule has 1 atom stereocenters. The fourth-order valence-corrected chi connectivity index (χ4v) is 3.08. The summed E-state index contributed by atoms with van der Waals surface area (Å²) in [4.78, 5) is 26.0. The van der Waals surface area contributed by atoms with Gasteiger partial charge in [0.25, 0.3) is 0 Å². The van der Waals surface area contributed by atoms with Crippen molar-refractivity contribution in [1.29, 1.82) is 0 Å². The molecule has 2 N–H and O–H groups in total. The van der Waals surface area contributed by atoms with E-state index in [0.29, 0.717) is 11.5 Å². The Morgan fingerprint density at radius 1 is 1.22 bits per heavy atom. The fraction of sp³-hybridized carbons (Fsp3) is 0.300. The molecule has 3 rings (SSSR count). The number of rotatable bonds is 7. The van der Waals surface area contributed by atoms with Crippen LogP contribution in [0.4, 0.5) is 5.69 Å². The van der Waals surface area contributed by atoms with Crippen molar-refractivity contribution >= 4 is 18.1 Å². The molecule has 2 aromatic carbocycles. The van der Waals surface area contributed by atoms with Gasteiger partial charge in [0.15, 0.2) is 0 Å². The van der Waals surface area contributed by atoms with E-state index < -0.39 is 5.97 Å². The highest BCUT2D eigenvalue weighted by molar-refractivity contribution is 5.87. The molecule has 1 saturated heterocycles. The molecule has 0 spiro atoms. The second-order valence-corrected chi connectivity index (χ2v) is 6.51. The number of nitrogens with one attached hydrogen (secondary N) is 1. The molecule has 1 heterocycles. The number of carbonyl (C=O) groups excluding carboxylic acids is 1. The van der Waals surface area contributed by atoms with E-state index in [0.717, 1.165) is 38.3 Å². The largest absolute Gasteiger partial charge is 0.478 e. The summed E-state index contributed by atoms with van der Waals surface area (Å²) < 4.78 is 5.76. The van der Waals surface area contributed by atoms with Crippen molar-refractivity contribution in [2.75, 3.05) is 38.1 Å². The van der Waals surface area contributed by atoms with E-state index in [2.05, 4.69) is 10.2 Å². The normalized spacial score (nSPS) is 16.6. The number of nitrogens with zero attached hydrogens (tertiary/aromatic N) is 2. The van der Waals surface area contributed by atoms with E-state index in [1.54, 1.807) is 12.1 Å². The molecular weight excluding hydrogens is 346 g/mol. The van der Waals surface area contributed by atoms with E-state index in [1.807, 2.05) is 36.2 Å². The molecule has 0 aliphatic carbocycles. The Morgan fingerprint density at radius 2 is 1.85 bits per heavy atom. The van der Waals surface area contributed by atoms with Gasteiger partial charge >= 0.3 is 5.97 Å². The molecule has 142 valence electrons. The number of aromatic carboxylic acids is 1. The van der Waals surface area contributed by atoms with Gasteiger partial charge in [-0.15, -0.1) is 0 Å². The topological polar surface area (TPSA) is 82.1 Å². The maximum Gasteiger partial charge on any atom is 0.335 e. The van der Waals surface area contributed by atoms with Gasteiger partial charge in [-0.2, -0.15) is 0 Å². The van der Waals surface area contributed by atoms with Crippen molar-refractivity contribution in [2.24, 2.45) is 0 Å². The van der Waals surface area contributed by atoms with Crippen molar-refractivity contribution < 1.29 is 19.4 Å². The summed E-state index contributed by atoms with van der Waals surface area (Å²) >= 11 is 0. The fourth-order valence-electron chi connectivity index (χ4n) is 3.08. The summed E-state index contributed by atoms with van der Waals surface area (Å²) in [7, 11) is 2.00. The van der Waals surface area contributed by atoms with Crippen LogP contribution in [-0.2, 0) is 4.79 Å². The van der Waals surface area contributed by atoms with Crippen LogP contribution in [0, 0.1) is 0 Å². The van der Waals surface area contributed by atoms with Gasteiger partial charge in [-0.3, -0.25) is 4.79 Å². The van der Waals surface area contributed by atoms with E-state index >= 15 is 0 Å². The molecule has 0 radical (unpaired) electrons. The molecule has 0 saturated carbocycles. The van der Waals surface area contributed by atoms with Crippen LogP contribution in [0.2, 0.25) is 0 Å². The van der Waals surface area contributed by atoms with Crippen LogP contribution in [0.25, 0.3) is 0 Å². The van der Waals surface area contributed by atoms with Crippen molar-refractivity contribution in [3.63, 3.8) is 0 Å². The lowest BCUT2D eigenvalue weighted by Crippen LogP contribution is -2.54. The van der Waals surface area contributed by atoms with Gasteiger partial charge < -0.3 is 25.0 Å². The minimum Gasteiger partial charge on any atom is -0.478 e. The van der Waals surface area contributed by atoms with Crippen LogP contribution in [-0.4, -0.2) is 61.7 Å². The summed E-state index contributed by atoms with van der Waals surface area (Å²) in [5.74, 6) is 0.287. The molecular formula is C20H23N3O4. The number of hydrogen-bond acceptors (Lipinski definition) is 5. The highest BCUT2D eigenvalue weighted by Crippen LogP contribution is 2.24. The molecule has 7 heteroatoms. The Kier molecular flexibility index (Phi) is 5.93. The molecule has 1 unspecified atom stereocenters. The summed E-state index contributed by atoms with van der Waals surface area (Å²) in [6.45, 7) is 3.09. The third-order valence-corrected chi connectivity index (χ3v) is 4.63. The quantitative estimate of drug-likeness (QED) is 0.727. The Bertz CT molecular complexity index is 777. The van der Waals surface area contributed by atoms with Crippen molar-refractivity contribution in [3.05, 3.63) is 54.1 Å². The molecule has 0 bridgehead atoms. The molecule has 1 aliphatic rings. The number of benzene rings is 2. The van der Waals surface area contributed by atoms with Gasteiger partial charge in [0.1, 0.15) is 11.5 Å². The number of carboxylic acid groups (broad SMARTS) is 1. The van der Waals surface area contributed by atoms with E-state index in [4.69, 9.17) is 9.84 Å². The average Bonchev–Trinajstić information content (AvgIpc) is 2.69. The molecule has 1 aliphatic heterocycles. The van der Waals surface area contributed by atoms with E-state index in [-0.39, 0.29) is 11.6 Å². The molecule has 2 aromatic rings. The second-order valence-electron chi connectivity index (χ2n) is 6.51. The first-order chi connectivity index (χ1) is 13.1. The standard InChI is InChI=1S/C20H23N3O4/c1-22(13-17-12-21-10-11-23(17)14-24)16-4-8-19(9-5-16)27-18-6-2-15(3-7-18)20(25)26/h2-9,14,17,21H,10-13H2,1H3,(H,25,26). The minimum absolute atomic E-state index is 0.143. The predicted molar refractivity (Wildman–Crippen MR) is 103 cm³/mol. The molecule has 7 nitrogen and oxygen atoms in total. The number of amides is 1. The highest BCUT2D eigenvalue weighted by atomic mass is 16.5. The average molecular weight is 369 g/mol. The molecule has 0 aromatic heterocycles. The van der Waals surface area contributed by atoms with Crippen LogP contribution in [0.3, 0.4) is 0 Å². The zero-order chi connectivity index (χ0) is 19.2. The summed E-state index contributed by atoms with van der Waals surface area (Å²) in [5, 5.41) is 12.2. The first-order valence-electron chi connectivity index (χ1n) is 8.81. The Labute approximate surface area is 158 Å². The van der Waals surface area contributed by atoms with Crippen LogP contribution in [0.15, 0.2) is 48.5 Å². The number of anilines is 1. The minimum atomic E-state index is -0.963. The zero-order valence-electron chi connectivity index (χ0n) is 15.2. The van der Waals surface area contributed by atoms with E-state index in [1.165, 1.54) is 12.1 Å². The lowest BCUT2D eigenvalue weighted by atomic mass is 10.2. The smallest absolute Gasteiger partial charge is 0.335 e. The summed E-state index contributed by atoms with van der Waals surface area (Å²) in [5.41, 5.74) is 1.25. The number of likely N-dealkylation sites (N-methyl/N-ethyl adjacent to an activating group) is 1. The summed E-state index contributed by atoms with van der Waals surface area (Å²) in [6.07, 6.45) is 0.923. The Balaban J connectivity index is 1.60. The third-order valence-electron chi connectivity index (χ3n) is 4.63. The number of piperazine rings is 1. The molecule has 27 heavy (non-hydrogen) atoms. The highest BCUT2D eigenvalue weighted by Gasteiger charge is 2.22. The number of hydrogen-bond donors (Lipinski definition) is 2. The number of carboxylic acids is 1. The lowest BCUT2D eigenvalue weighted by molar-refractivity contribution is -0.120. The van der Waals surface area contributed by atoms with Crippen LogP contribution in [0.5, 0.6) is 11.5 Å². The van der Waals surface area contributed by atoms with Crippen molar-refractivity contribution in [1.82, 2.24) is 10.2 Å². The SMILES string of the molecule is CN(CC1CNCCN1C=O)c1ccc(Oc2ccc(C(=O)O)cc2)cc1. The zero-order valence-corrected chi connectivity index (χ0v) is 15.2. The van der Waals surface area contributed by atoms with Crippen molar-refractivity contribution in [2.45, 2.75) is 6.04 Å². The van der Waals surface area contributed by atoms with Gasteiger partial charge in [0.2, 0.25) is 6.41 Å². The molecule has 1 fully saturated rings. The van der Waals surface area contributed by atoms with Crippen LogP contribution >= 0.6 is 0 Å². The maximum absolute atomic E-state index is 11.2. The van der Waals surface area contributed by atoms with Crippen molar-refractivity contribution in [3.8, 4) is 11.5 Å². The maximum atomic E-state index is 11.2. The monoisotopic (exact) mass is 369 g/mol. The van der Waals surface area contributed by atoms with Gasteiger partial charge in [0, 0.05) is 38.9 Å². The Morgan fingerprint density at radius 3 is 2.44 bits per heavy atom. The lowest BCUT2D eigenvalue weighted by Gasteiger charge is -2.36. The van der Waals surface area contributed by atoms with Crippen LogP contribution < -0.4 is 15.0 Å². The van der Waals surface area contributed by atoms with E-state index in [9.17, 15) is 9.59 Å². The van der Waals surface area contributed by atoms with Gasteiger partial charge in [-0.05, 0) is 48.5 Å². The predicted octanol–water partition coefficient (Wildman–Crippen LogP) is 2.04. The molecule has 1 amide bonds.